The highest BCUT2D eigenvalue weighted by molar-refractivity contribution is 7.98. The number of thioether (sulfide) groups is 1. The second-order valence-electron chi connectivity index (χ2n) is 7.64. The van der Waals surface area contributed by atoms with Gasteiger partial charge >= 0.3 is 0 Å². The summed E-state index contributed by atoms with van der Waals surface area (Å²) in [6.07, 6.45) is 4.30. The third-order valence-electron chi connectivity index (χ3n) is 5.50. The third-order valence-corrected chi connectivity index (χ3v) is 7.16. The number of fused-ring (bicyclic) bond motifs is 2. The molecule has 0 unspecified atom stereocenters. The molecule has 0 saturated carbocycles. The van der Waals surface area contributed by atoms with Crippen LogP contribution in [0.4, 0.5) is 5.13 Å². The highest BCUT2D eigenvalue weighted by Crippen LogP contribution is 2.34. The second-order valence-corrected chi connectivity index (χ2v) is 9.44. The number of para-hydroxylation sites is 1. The molecule has 9 heteroatoms. The van der Waals surface area contributed by atoms with Gasteiger partial charge in [0, 0.05) is 46.5 Å². The van der Waals surface area contributed by atoms with Crippen molar-refractivity contribution in [3.63, 3.8) is 0 Å². The van der Waals surface area contributed by atoms with Crippen molar-refractivity contribution in [3.8, 4) is 17.0 Å². The Kier molecular flexibility index (Phi) is 5.48. The lowest BCUT2D eigenvalue weighted by Crippen LogP contribution is -2.12. The van der Waals surface area contributed by atoms with Crippen LogP contribution < -0.4 is 10.1 Å². The molecule has 34 heavy (non-hydrogen) atoms. The van der Waals surface area contributed by atoms with Crippen molar-refractivity contribution < 1.29 is 13.9 Å². The number of furan rings is 1. The van der Waals surface area contributed by atoms with Crippen molar-refractivity contribution in [2.24, 2.45) is 0 Å². The minimum atomic E-state index is -0.330. The van der Waals surface area contributed by atoms with E-state index in [2.05, 4.69) is 26.3 Å². The van der Waals surface area contributed by atoms with E-state index in [4.69, 9.17) is 9.15 Å². The first kappa shape index (κ1) is 20.9. The number of carbonyl (C=O) groups excluding carboxylic acids is 1. The quantitative estimate of drug-likeness (QED) is 0.239. The maximum atomic E-state index is 13.2. The average Bonchev–Trinajstić information content (AvgIpc) is 3.61. The molecule has 7 nitrogen and oxygen atoms in total. The minimum Gasteiger partial charge on any atom is -0.493 e. The Morgan fingerprint density at radius 3 is 2.91 bits per heavy atom. The van der Waals surface area contributed by atoms with Gasteiger partial charge in [0.05, 0.1) is 12.3 Å². The number of amides is 1. The highest BCUT2D eigenvalue weighted by atomic mass is 32.2. The summed E-state index contributed by atoms with van der Waals surface area (Å²) in [6, 6.07) is 15.5. The zero-order chi connectivity index (χ0) is 22.9. The Labute approximate surface area is 203 Å². The lowest BCUT2D eigenvalue weighted by Gasteiger charge is -2.03. The molecule has 168 valence electrons. The topological polar surface area (TPSA) is 90.1 Å². The van der Waals surface area contributed by atoms with Crippen LogP contribution in [0.5, 0.6) is 5.75 Å². The van der Waals surface area contributed by atoms with Crippen LogP contribution >= 0.6 is 23.1 Å². The van der Waals surface area contributed by atoms with Crippen molar-refractivity contribution in [1.82, 2.24) is 15.0 Å². The molecule has 5 aromatic rings. The van der Waals surface area contributed by atoms with Gasteiger partial charge < -0.3 is 9.15 Å². The van der Waals surface area contributed by atoms with Gasteiger partial charge in [0.25, 0.3) is 5.91 Å². The number of thiazole rings is 1. The number of anilines is 1. The summed E-state index contributed by atoms with van der Waals surface area (Å²) in [7, 11) is 0. The van der Waals surface area contributed by atoms with Crippen molar-refractivity contribution in [1.29, 1.82) is 0 Å². The van der Waals surface area contributed by atoms with Crippen LogP contribution in [-0.2, 0) is 12.2 Å². The molecule has 6 rings (SSSR count). The van der Waals surface area contributed by atoms with E-state index in [0.717, 1.165) is 34.4 Å². The molecule has 3 aromatic heterocycles. The molecule has 1 N–H and O–H groups in total. The van der Waals surface area contributed by atoms with E-state index in [-0.39, 0.29) is 11.7 Å². The number of hydrogen-bond donors (Lipinski definition) is 1. The number of carbonyl (C=O) groups is 1. The van der Waals surface area contributed by atoms with E-state index in [1.807, 2.05) is 41.8 Å². The number of nitrogens with one attached hydrogen (secondary N) is 1. The first-order valence-corrected chi connectivity index (χ1v) is 12.5. The predicted molar refractivity (Wildman–Crippen MR) is 133 cm³/mol. The largest absolute Gasteiger partial charge is 0.493 e. The maximum Gasteiger partial charge on any atom is 0.293 e. The first-order valence-electron chi connectivity index (χ1n) is 10.7. The zero-order valence-corrected chi connectivity index (χ0v) is 19.5. The molecule has 2 aromatic carbocycles. The number of nitrogens with zero attached hydrogens (tertiary/aromatic N) is 3. The normalized spacial score (nSPS) is 12.5. The van der Waals surface area contributed by atoms with E-state index < -0.39 is 0 Å². The maximum absolute atomic E-state index is 13.2. The monoisotopic (exact) mass is 486 g/mol. The predicted octanol–water partition coefficient (Wildman–Crippen LogP) is 5.83. The smallest absolute Gasteiger partial charge is 0.293 e. The van der Waals surface area contributed by atoms with Crippen molar-refractivity contribution in [3.05, 3.63) is 83.2 Å². The van der Waals surface area contributed by atoms with Gasteiger partial charge in [-0.1, -0.05) is 30.0 Å². The Bertz CT molecular complexity index is 1500. The molecule has 1 aliphatic heterocycles. The molecule has 0 saturated heterocycles. The van der Waals surface area contributed by atoms with Crippen LogP contribution in [0.1, 0.15) is 21.7 Å². The van der Waals surface area contributed by atoms with E-state index >= 15 is 0 Å². The van der Waals surface area contributed by atoms with Crippen LogP contribution in [0.3, 0.4) is 0 Å². The van der Waals surface area contributed by atoms with Gasteiger partial charge in [0.1, 0.15) is 11.3 Å². The fourth-order valence-corrected chi connectivity index (χ4v) is 5.43. The van der Waals surface area contributed by atoms with Gasteiger partial charge in [0.2, 0.25) is 0 Å². The van der Waals surface area contributed by atoms with E-state index in [9.17, 15) is 4.79 Å². The summed E-state index contributed by atoms with van der Waals surface area (Å²) in [5, 5.41) is 6.91. The molecule has 0 atom stereocenters. The Balaban J connectivity index is 1.25. The molecule has 0 radical (unpaired) electrons. The second kappa shape index (κ2) is 8.92. The standard InChI is InChI=1S/C25H18N4O3S2/c30-23(29-25-28-19(14-34-25)15-6-7-20-16(12-15)8-11-31-20)22-18(13-33-24-26-9-3-10-27-24)17-4-1-2-5-21(17)32-22/h1-7,9-10,12,14H,8,11,13H2,(H,28,29,30). The Hall–Kier alpha value is -3.69. The fourth-order valence-electron chi connectivity index (χ4n) is 3.89. The average molecular weight is 487 g/mol. The lowest BCUT2D eigenvalue weighted by molar-refractivity contribution is 0.0998. The first-order chi connectivity index (χ1) is 16.7. The number of ether oxygens (including phenoxy) is 1. The van der Waals surface area contributed by atoms with E-state index in [1.54, 1.807) is 18.5 Å². The molecule has 0 spiro atoms. The van der Waals surface area contributed by atoms with Gasteiger partial charge in [0.15, 0.2) is 16.0 Å². The van der Waals surface area contributed by atoms with Crippen molar-refractivity contribution >= 4 is 45.1 Å². The molecule has 4 heterocycles. The summed E-state index contributed by atoms with van der Waals surface area (Å²) in [4.78, 5) is 26.4. The van der Waals surface area contributed by atoms with Crippen LogP contribution in [0.2, 0.25) is 0 Å². The summed E-state index contributed by atoms with van der Waals surface area (Å²) in [6.45, 7) is 0.714. The fraction of sp³-hybridized carbons (Fsp3) is 0.120. The summed E-state index contributed by atoms with van der Waals surface area (Å²) >= 11 is 2.84. The summed E-state index contributed by atoms with van der Waals surface area (Å²) < 4.78 is 11.5. The minimum absolute atomic E-state index is 0.274. The van der Waals surface area contributed by atoms with Crippen molar-refractivity contribution in [2.75, 3.05) is 11.9 Å². The number of benzene rings is 2. The Morgan fingerprint density at radius 2 is 2.00 bits per heavy atom. The van der Waals surface area contributed by atoms with Gasteiger partial charge in [-0.25, -0.2) is 15.0 Å². The highest BCUT2D eigenvalue weighted by Gasteiger charge is 2.22. The Morgan fingerprint density at radius 1 is 1.12 bits per heavy atom. The molecule has 0 bridgehead atoms. The summed E-state index contributed by atoms with van der Waals surface area (Å²) in [5.41, 5.74) is 4.47. The molecular weight excluding hydrogens is 468 g/mol. The molecular formula is C25H18N4O3S2. The van der Waals surface area contributed by atoms with Gasteiger partial charge in [-0.05, 0) is 35.9 Å². The van der Waals surface area contributed by atoms with Gasteiger partial charge in [-0.3, -0.25) is 10.1 Å². The third kappa shape index (κ3) is 4.04. The molecule has 0 fully saturated rings. The van der Waals surface area contributed by atoms with Crippen LogP contribution in [0, 0.1) is 0 Å². The number of rotatable bonds is 6. The van der Waals surface area contributed by atoms with Crippen molar-refractivity contribution in [2.45, 2.75) is 17.3 Å². The molecule has 0 aliphatic carbocycles. The van der Waals surface area contributed by atoms with Gasteiger partial charge in [-0.15, -0.1) is 11.3 Å². The van der Waals surface area contributed by atoms with Gasteiger partial charge in [-0.2, -0.15) is 0 Å². The van der Waals surface area contributed by atoms with E-state index in [1.165, 1.54) is 28.7 Å². The zero-order valence-electron chi connectivity index (χ0n) is 17.9. The van der Waals surface area contributed by atoms with Crippen LogP contribution in [0.25, 0.3) is 22.2 Å². The van der Waals surface area contributed by atoms with Crippen LogP contribution in [-0.4, -0.2) is 27.5 Å². The number of hydrogen-bond acceptors (Lipinski definition) is 8. The van der Waals surface area contributed by atoms with Crippen LogP contribution in [0.15, 0.2) is 75.9 Å². The SMILES string of the molecule is O=C(Nc1nc(-c2ccc3c(c2)CCO3)cs1)c1oc2ccccc2c1CSc1ncccn1. The molecule has 1 aliphatic rings. The number of aromatic nitrogens is 3. The molecule has 1 amide bonds. The van der Waals surface area contributed by atoms with E-state index in [0.29, 0.717) is 28.2 Å². The summed E-state index contributed by atoms with van der Waals surface area (Å²) in [5.74, 6) is 1.38. The lowest BCUT2D eigenvalue weighted by atomic mass is 10.1.